The largest absolute Gasteiger partial charge is 0.392 e. The molecule has 1 aromatic carbocycles. The summed E-state index contributed by atoms with van der Waals surface area (Å²) < 4.78 is 0. The van der Waals surface area contributed by atoms with Crippen LogP contribution in [0.15, 0.2) is 29.4 Å². The van der Waals surface area contributed by atoms with E-state index in [1.54, 1.807) is 0 Å². The molecule has 0 spiro atoms. The molecule has 0 fully saturated rings. The Morgan fingerprint density at radius 3 is 3.00 bits per heavy atom. The number of halogens is 1. The first-order valence-electron chi connectivity index (χ1n) is 4.99. The van der Waals surface area contributed by atoms with E-state index in [0.29, 0.717) is 11.6 Å². The van der Waals surface area contributed by atoms with E-state index in [9.17, 15) is 0 Å². The minimum Gasteiger partial charge on any atom is -0.392 e. The molecule has 80 valence electrons. The smallest absolute Gasteiger partial charge is 0.134 e. The molecule has 0 aliphatic carbocycles. The molecule has 1 aliphatic rings. The quantitative estimate of drug-likeness (QED) is 0.856. The molecule has 3 nitrogen and oxygen atoms in total. The Morgan fingerprint density at radius 1 is 1.47 bits per heavy atom. The van der Waals surface area contributed by atoms with Crippen molar-refractivity contribution in [3.63, 3.8) is 0 Å². The molecule has 0 saturated carbocycles. The zero-order chi connectivity index (χ0) is 10.7. The molecule has 2 rings (SSSR count). The number of rotatable bonds is 3. The summed E-state index contributed by atoms with van der Waals surface area (Å²) in [5, 5.41) is 4.76. The molecule has 0 aromatic heterocycles. The highest BCUT2D eigenvalue weighted by Gasteiger charge is 2.22. The summed E-state index contributed by atoms with van der Waals surface area (Å²) in [5.41, 5.74) is 7.34. The van der Waals surface area contributed by atoms with Crippen molar-refractivity contribution in [2.75, 3.05) is 6.54 Å². The molecule has 0 saturated heterocycles. The van der Waals surface area contributed by atoms with Gasteiger partial charge in [0.1, 0.15) is 6.10 Å². The van der Waals surface area contributed by atoms with E-state index in [0.717, 1.165) is 24.1 Å². The first kappa shape index (κ1) is 10.5. The van der Waals surface area contributed by atoms with Crippen LogP contribution < -0.4 is 5.73 Å². The minimum atomic E-state index is 0.112. The summed E-state index contributed by atoms with van der Waals surface area (Å²) in [6, 6.07) is 7.66. The normalized spacial score (nSPS) is 19.9. The van der Waals surface area contributed by atoms with Crippen LogP contribution in [0, 0.1) is 0 Å². The van der Waals surface area contributed by atoms with Gasteiger partial charge < -0.3 is 10.6 Å². The van der Waals surface area contributed by atoms with Gasteiger partial charge in [-0.05, 0) is 19.0 Å². The van der Waals surface area contributed by atoms with E-state index < -0.39 is 0 Å². The molecule has 2 N–H and O–H groups in total. The van der Waals surface area contributed by atoms with Gasteiger partial charge in [0.25, 0.3) is 0 Å². The monoisotopic (exact) mass is 224 g/mol. The average Bonchev–Trinajstić information content (AvgIpc) is 2.68. The first-order chi connectivity index (χ1) is 7.31. The van der Waals surface area contributed by atoms with Crippen LogP contribution in [0.5, 0.6) is 0 Å². The third kappa shape index (κ3) is 2.30. The van der Waals surface area contributed by atoms with Crippen molar-refractivity contribution in [3.05, 3.63) is 34.9 Å². The SMILES string of the molecule is NCCC1CC(c2ccccc2Cl)=NO1. The van der Waals surface area contributed by atoms with Gasteiger partial charge in [-0.25, -0.2) is 0 Å². The van der Waals surface area contributed by atoms with E-state index in [-0.39, 0.29) is 6.10 Å². The van der Waals surface area contributed by atoms with E-state index in [1.807, 2.05) is 24.3 Å². The maximum absolute atomic E-state index is 6.07. The Bertz CT molecular complexity index is 379. The lowest BCUT2D eigenvalue weighted by atomic mass is 10.0. The fraction of sp³-hybridized carbons (Fsp3) is 0.364. The highest BCUT2D eigenvalue weighted by molar-refractivity contribution is 6.34. The van der Waals surface area contributed by atoms with Crippen molar-refractivity contribution in [1.29, 1.82) is 0 Å². The van der Waals surface area contributed by atoms with E-state index in [2.05, 4.69) is 5.16 Å². The van der Waals surface area contributed by atoms with E-state index in [4.69, 9.17) is 22.2 Å². The predicted molar refractivity (Wildman–Crippen MR) is 61.2 cm³/mol. The highest BCUT2D eigenvalue weighted by atomic mass is 35.5. The number of oxime groups is 1. The van der Waals surface area contributed by atoms with Gasteiger partial charge >= 0.3 is 0 Å². The molecule has 1 unspecified atom stereocenters. The van der Waals surface area contributed by atoms with Gasteiger partial charge in [-0.15, -0.1) is 0 Å². The predicted octanol–water partition coefficient (Wildman–Crippen LogP) is 2.18. The Morgan fingerprint density at radius 2 is 2.27 bits per heavy atom. The van der Waals surface area contributed by atoms with Gasteiger partial charge in [-0.2, -0.15) is 0 Å². The van der Waals surface area contributed by atoms with Gasteiger partial charge in [0.15, 0.2) is 0 Å². The standard InChI is InChI=1S/C11H13ClN2O/c12-10-4-2-1-3-9(10)11-7-8(5-6-13)15-14-11/h1-4,8H,5-7,13H2. The zero-order valence-electron chi connectivity index (χ0n) is 8.32. The van der Waals surface area contributed by atoms with Crippen LogP contribution in [0.1, 0.15) is 18.4 Å². The summed E-state index contributed by atoms with van der Waals surface area (Å²) >= 11 is 6.07. The van der Waals surface area contributed by atoms with Crippen LogP contribution in [0.4, 0.5) is 0 Å². The van der Waals surface area contributed by atoms with Crippen LogP contribution >= 0.6 is 11.6 Å². The second-order valence-corrected chi connectivity index (χ2v) is 3.93. The third-order valence-electron chi connectivity index (χ3n) is 2.41. The molecule has 0 bridgehead atoms. The van der Waals surface area contributed by atoms with Crippen LogP contribution in [-0.2, 0) is 4.84 Å². The molecule has 0 radical (unpaired) electrons. The van der Waals surface area contributed by atoms with Crippen molar-refractivity contribution < 1.29 is 4.84 Å². The van der Waals surface area contributed by atoms with Gasteiger partial charge in [0.2, 0.25) is 0 Å². The van der Waals surface area contributed by atoms with Crippen molar-refractivity contribution in [3.8, 4) is 0 Å². The fourth-order valence-corrected chi connectivity index (χ4v) is 1.87. The lowest BCUT2D eigenvalue weighted by Crippen LogP contribution is -2.14. The Kier molecular flexibility index (Phi) is 3.23. The molecule has 1 heterocycles. The molecule has 1 atom stereocenters. The fourth-order valence-electron chi connectivity index (χ4n) is 1.62. The van der Waals surface area contributed by atoms with Gasteiger partial charge in [-0.3, -0.25) is 0 Å². The van der Waals surface area contributed by atoms with Crippen molar-refractivity contribution in [2.45, 2.75) is 18.9 Å². The minimum absolute atomic E-state index is 0.112. The van der Waals surface area contributed by atoms with Gasteiger partial charge in [0, 0.05) is 17.0 Å². The van der Waals surface area contributed by atoms with Gasteiger partial charge in [-0.1, -0.05) is 35.0 Å². The summed E-state index contributed by atoms with van der Waals surface area (Å²) in [6.07, 6.45) is 1.74. The summed E-state index contributed by atoms with van der Waals surface area (Å²) in [6.45, 7) is 0.621. The van der Waals surface area contributed by atoms with E-state index in [1.165, 1.54) is 0 Å². The molecule has 1 aromatic rings. The molecule has 1 aliphatic heterocycles. The summed E-state index contributed by atoms with van der Waals surface area (Å²) in [5.74, 6) is 0. The lowest BCUT2D eigenvalue weighted by molar-refractivity contribution is 0.0810. The summed E-state index contributed by atoms with van der Waals surface area (Å²) in [4.78, 5) is 5.26. The van der Waals surface area contributed by atoms with Crippen molar-refractivity contribution >= 4 is 17.3 Å². The maximum Gasteiger partial charge on any atom is 0.134 e. The van der Waals surface area contributed by atoms with Crippen LogP contribution in [0.3, 0.4) is 0 Å². The topological polar surface area (TPSA) is 47.6 Å². The highest BCUT2D eigenvalue weighted by Crippen LogP contribution is 2.23. The Balaban J connectivity index is 2.11. The number of nitrogens with two attached hydrogens (primary N) is 1. The van der Waals surface area contributed by atoms with Crippen molar-refractivity contribution in [2.24, 2.45) is 10.9 Å². The van der Waals surface area contributed by atoms with Gasteiger partial charge in [0.05, 0.1) is 5.71 Å². The average molecular weight is 225 g/mol. The third-order valence-corrected chi connectivity index (χ3v) is 2.74. The van der Waals surface area contributed by atoms with Crippen LogP contribution in [0.2, 0.25) is 5.02 Å². The number of nitrogens with zero attached hydrogens (tertiary/aromatic N) is 1. The molecule has 15 heavy (non-hydrogen) atoms. The van der Waals surface area contributed by atoms with E-state index >= 15 is 0 Å². The van der Waals surface area contributed by atoms with Crippen molar-refractivity contribution in [1.82, 2.24) is 0 Å². The Labute approximate surface area is 93.9 Å². The molecule has 0 amide bonds. The molecular formula is C11H13ClN2O. The van der Waals surface area contributed by atoms with Crippen LogP contribution in [-0.4, -0.2) is 18.4 Å². The second-order valence-electron chi connectivity index (χ2n) is 3.53. The molecule has 4 heteroatoms. The zero-order valence-corrected chi connectivity index (χ0v) is 9.07. The molecular weight excluding hydrogens is 212 g/mol. The number of hydrogen-bond donors (Lipinski definition) is 1. The lowest BCUT2D eigenvalue weighted by Gasteiger charge is -2.05. The van der Waals surface area contributed by atoms with Crippen LogP contribution in [0.25, 0.3) is 0 Å². The second kappa shape index (κ2) is 4.64. The summed E-state index contributed by atoms with van der Waals surface area (Å²) in [7, 11) is 0. The first-order valence-corrected chi connectivity index (χ1v) is 5.36. The maximum atomic E-state index is 6.07. The number of benzene rings is 1. The number of hydrogen-bond acceptors (Lipinski definition) is 3. The Hall–Kier alpha value is -1.06.